The molecule has 0 spiro atoms. The van der Waals surface area contributed by atoms with Crippen molar-refractivity contribution in [3.8, 4) is 0 Å². The van der Waals surface area contributed by atoms with Crippen LogP contribution in [0, 0.1) is 18.8 Å². The maximum atomic E-state index is 4.63. The first-order chi connectivity index (χ1) is 10.7. The predicted molar refractivity (Wildman–Crippen MR) is 91.5 cm³/mol. The molecule has 1 aromatic rings. The zero-order chi connectivity index (χ0) is 15.1. The summed E-state index contributed by atoms with van der Waals surface area (Å²) < 4.78 is 4.38. The quantitative estimate of drug-likeness (QED) is 0.855. The molecule has 3 aliphatic heterocycles. The van der Waals surface area contributed by atoms with Gasteiger partial charge >= 0.3 is 0 Å². The van der Waals surface area contributed by atoms with Crippen molar-refractivity contribution in [2.45, 2.75) is 64.5 Å². The van der Waals surface area contributed by atoms with Gasteiger partial charge < -0.3 is 4.90 Å². The van der Waals surface area contributed by atoms with Crippen LogP contribution in [0.2, 0.25) is 0 Å². The van der Waals surface area contributed by atoms with Gasteiger partial charge in [0.15, 0.2) is 0 Å². The van der Waals surface area contributed by atoms with Crippen LogP contribution in [0.15, 0.2) is 0 Å². The fourth-order valence-corrected chi connectivity index (χ4v) is 5.82. The zero-order valence-electron chi connectivity index (χ0n) is 13.9. The van der Waals surface area contributed by atoms with E-state index in [1.807, 2.05) is 6.92 Å². The lowest BCUT2D eigenvalue weighted by Gasteiger charge is -2.55. The Hall–Kier alpha value is -0.680. The average Bonchev–Trinajstić information content (AvgIpc) is 2.95. The van der Waals surface area contributed by atoms with Crippen molar-refractivity contribution in [1.82, 2.24) is 14.3 Å². The molecule has 0 aromatic carbocycles. The van der Waals surface area contributed by atoms with E-state index in [4.69, 9.17) is 0 Å². The topological polar surface area (TPSA) is 32.3 Å². The van der Waals surface area contributed by atoms with Gasteiger partial charge in [0.2, 0.25) is 5.13 Å². The third kappa shape index (κ3) is 2.67. The lowest BCUT2D eigenvalue weighted by atomic mass is 9.74. The summed E-state index contributed by atoms with van der Waals surface area (Å²) in [5.41, 5.74) is 0. The van der Waals surface area contributed by atoms with Gasteiger partial charge in [0.1, 0.15) is 5.82 Å². The minimum absolute atomic E-state index is 0.830. The number of fused-ring (bicyclic) bond motifs is 4. The summed E-state index contributed by atoms with van der Waals surface area (Å²) in [7, 11) is 0. The molecule has 0 saturated carbocycles. The van der Waals surface area contributed by atoms with Crippen molar-refractivity contribution in [3.05, 3.63) is 5.82 Å². The Labute approximate surface area is 138 Å². The molecule has 122 valence electrons. The Kier molecular flexibility index (Phi) is 4.11. The van der Waals surface area contributed by atoms with Crippen molar-refractivity contribution in [2.75, 3.05) is 24.5 Å². The number of piperidine rings is 3. The summed E-state index contributed by atoms with van der Waals surface area (Å²) in [6, 6.07) is 1.70. The average molecular weight is 321 g/mol. The monoisotopic (exact) mass is 320 g/mol. The summed E-state index contributed by atoms with van der Waals surface area (Å²) >= 11 is 1.58. The molecule has 0 amide bonds. The van der Waals surface area contributed by atoms with E-state index in [0.717, 1.165) is 34.9 Å². The second kappa shape index (κ2) is 6.08. The van der Waals surface area contributed by atoms with Gasteiger partial charge in [-0.15, -0.1) is 0 Å². The van der Waals surface area contributed by atoms with Gasteiger partial charge in [-0.2, -0.15) is 4.37 Å². The maximum Gasteiger partial charge on any atom is 0.205 e. The molecule has 22 heavy (non-hydrogen) atoms. The van der Waals surface area contributed by atoms with Crippen LogP contribution in [-0.4, -0.2) is 46.0 Å². The van der Waals surface area contributed by atoms with Crippen molar-refractivity contribution in [1.29, 1.82) is 0 Å². The second-order valence-corrected chi connectivity index (χ2v) is 8.26. The molecular weight excluding hydrogens is 292 g/mol. The summed E-state index contributed by atoms with van der Waals surface area (Å²) in [5, 5.41) is 1.15. The van der Waals surface area contributed by atoms with E-state index in [2.05, 4.69) is 26.1 Å². The Morgan fingerprint density at radius 1 is 1.23 bits per heavy atom. The fourth-order valence-electron chi connectivity index (χ4n) is 5.13. The third-order valence-corrected chi connectivity index (χ3v) is 6.79. The van der Waals surface area contributed by atoms with Crippen molar-refractivity contribution in [3.63, 3.8) is 0 Å². The van der Waals surface area contributed by atoms with E-state index in [1.54, 1.807) is 11.5 Å². The molecule has 4 nitrogen and oxygen atoms in total. The van der Waals surface area contributed by atoms with Crippen LogP contribution in [0.3, 0.4) is 0 Å². The van der Waals surface area contributed by atoms with E-state index in [0.29, 0.717) is 0 Å². The lowest BCUT2D eigenvalue weighted by molar-refractivity contribution is -0.0215. The summed E-state index contributed by atoms with van der Waals surface area (Å²) in [5.74, 6) is 2.60. The molecule has 2 bridgehead atoms. The molecule has 4 atom stereocenters. The van der Waals surface area contributed by atoms with Gasteiger partial charge in [-0.3, -0.25) is 4.90 Å². The first-order valence-electron chi connectivity index (χ1n) is 9.05. The van der Waals surface area contributed by atoms with E-state index in [-0.39, 0.29) is 0 Å². The molecule has 4 rings (SSSR count). The van der Waals surface area contributed by atoms with Crippen molar-refractivity contribution in [2.24, 2.45) is 11.8 Å². The molecule has 3 aliphatic rings. The van der Waals surface area contributed by atoms with Gasteiger partial charge in [0, 0.05) is 43.3 Å². The lowest BCUT2D eigenvalue weighted by Crippen LogP contribution is -2.61. The van der Waals surface area contributed by atoms with Crippen molar-refractivity contribution >= 4 is 16.7 Å². The first kappa shape index (κ1) is 14.9. The van der Waals surface area contributed by atoms with Crippen molar-refractivity contribution < 1.29 is 0 Å². The molecule has 5 heteroatoms. The summed E-state index contributed by atoms with van der Waals surface area (Å²) in [6.07, 6.45) is 8.46. The number of nitrogens with zero attached hydrogens (tertiary/aromatic N) is 4. The Morgan fingerprint density at radius 2 is 2.14 bits per heavy atom. The van der Waals surface area contributed by atoms with Crippen LogP contribution < -0.4 is 4.90 Å². The van der Waals surface area contributed by atoms with E-state index in [9.17, 15) is 0 Å². The Morgan fingerprint density at radius 3 is 2.91 bits per heavy atom. The third-order valence-electron chi connectivity index (χ3n) is 5.92. The summed E-state index contributed by atoms with van der Waals surface area (Å²) in [6.45, 7) is 8.05. The van der Waals surface area contributed by atoms with Crippen LogP contribution in [0.5, 0.6) is 0 Å². The highest BCUT2D eigenvalue weighted by molar-refractivity contribution is 7.09. The normalized spacial score (nSPS) is 35.5. The highest BCUT2D eigenvalue weighted by atomic mass is 32.1. The molecule has 3 fully saturated rings. The first-order valence-corrected chi connectivity index (χ1v) is 9.83. The van der Waals surface area contributed by atoms with Gasteiger partial charge in [0.25, 0.3) is 0 Å². The minimum Gasteiger partial charge on any atom is -0.346 e. The standard InChI is InChI=1S/C17H28N4S/c1-3-5-15-6-4-7-16-14-8-13(10-21(15)16)9-20(11-14)17-18-12(2)19-22-17/h13-16H,3-11H2,1-2H3/t13-,14+,15-,16-/m0/s1. The van der Waals surface area contributed by atoms with Gasteiger partial charge in [-0.1, -0.05) is 19.8 Å². The number of anilines is 1. The smallest absolute Gasteiger partial charge is 0.205 e. The highest BCUT2D eigenvalue weighted by Crippen LogP contribution is 2.41. The SMILES string of the molecule is CCC[C@H]1CCC[C@H]2[C@@H]3C[C@@H](CN(c4nc(C)ns4)C3)CN12. The largest absolute Gasteiger partial charge is 0.346 e. The molecule has 0 radical (unpaired) electrons. The van der Waals surface area contributed by atoms with E-state index >= 15 is 0 Å². The van der Waals surface area contributed by atoms with E-state index < -0.39 is 0 Å². The summed E-state index contributed by atoms with van der Waals surface area (Å²) in [4.78, 5) is 10.1. The van der Waals surface area contributed by atoms with Crippen LogP contribution in [0.4, 0.5) is 5.13 Å². The Bertz CT molecular complexity index is 515. The molecular formula is C17H28N4S. The molecule has 0 aliphatic carbocycles. The van der Waals surface area contributed by atoms with Gasteiger partial charge in [0.05, 0.1) is 0 Å². The minimum atomic E-state index is 0.830. The number of aryl methyl sites for hydroxylation is 1. The molecule has 3 saturated heterocycles. The predicted octanol–water partition coefficient (Wildman–Crippen LogP) is 3.33. The number of rotatable bonds is 3. The molecule has 0 unspecified atom stereocenters. The Balaban J connectivity index is 1.51. The fraction of sp³-hybridized carbons (Fsp3) is 0.882. The number of aromatic nitrogens is 2. The van der Waals surface area contributed by atoms with Crippen LogP contribution in [0.25, 0.3) is 0 Å². The maximum absolute atomic E-state index is 4.63. The van der Waals surface area contributed by atoms with Crippen LogP contribution in [-0.2, 0) is 0 Å². The second-order valence-electron chi connectivity index (χ2n) is 7.53. The highest BCUT2D eigenvalue weighted by Gasteiger charge is 2.44. The zero-order valence-corrected chi connectivity index (χ0v) is 14.7. The molecule has 0 N–H and O–H groups in total. The number of hydrogen-bond acceptors (Lipinski definition) is 5. The number of hydrogen-bond donors (Lipinski definition) is 0. The van der Waals surface area contributed by atoms with Crippen LogP contribution >= 0.6 is 11.5 Å². The van der Waals surface area contributed by atoms with Gasteiger partial charge in [-0.25, -0.2) is 4.98 Å². The molecule has 4 heterocycles. The molecule has 1 aromatic heterocycles. The van der Waals surface area contributed by atoms with Gasteiger partial charge in [-0.05, 0) is 44.4 Å². The van der Waals surface area contributed by atoms with Crippen LogP contribution in [0.1, 0.15) is 51.3 Å². The van der Waals surface area contributed by atoms with E-state index in [1.165, 1.54) is 58.2 Å².